The summed E-state index contributed by atoms with van der Waals surface area (Å²) in [5, 5.41) is 6.31. The average molecular weight is 339 g/mol. The lowest BCUT2D eigenvalue weighted by Crippen LogP contribution is -2.37. The average Bonchev–Trinajstić information content (AvgIpc) is 3.08. The van der Waals surface area contributed by atoms with Gasteiger partial charge in [-0.3, -0.25) is 9.59 Å². The maximum Gasteiger partial charge on any atom is 0.329 e. The van der Waals surface area contributed by atoms with Gasteiger partial charge in [-0.05, 0) is 36.2 Å². The van der Waals surface area contributed by atoms with Crippen LogP contribution in [0.1, 0.15) is 16.7 Å². The highest BCUT2D eigenvalue weighted by molar-refractivity contribution is 6.35. The van der Waals surface area contributed by atoms with Crippen molar-refractivity contribution in [2.45, 2.75) is 13.5 Å². The van der Waals surface area contributed by atoms with E-state index in [2.05, 4.69) is 15.8 Å². The molecule has 0 fully saturated rings. The molecular weight excluding hydrogens is 322 g/mol. The monoisotopic (exact) mass is 339 g/mol. The molecule has 2 N–H and O–H groups in total. The quantitative estimate of drug-likeness (QED) is 0.502. The minimum absolute atomic E-state index is 0.188. The number of hydrogen-bond acceptors (Lipinski definition) is 5. The number of carbonyl (C=O) groups is 2. The van der Waals surface area contributed by atoms with Gasteiger partial charge in [0.05, 0.1) is 6.21 Å². The van der Waals surface area contributed by atoms with Crippen molar-refractivity contribution >= 4 is 18.0 Å². The SMILES string of the molecule is Cc1ccc(CNC(=O)C(=O)N/N=C\c2ccc3c(c2)OCO3)cc1. The van der Waals surface area contributed by atoms with Crippen molar-refractivity contribution in [2.24, 2.45) is 5.10 Å². The van der Waals surface area contributed by atoms with Gasteiger partial charge in [0.15, 0.2) is 11.5 Å². The number of benzene rings is 2. The van der Waals surface area contributed by atoms with Crippen LogP contribution < -0.4 is 20.2 Å². The van der Waals surface area contributed by atoms with Crippen molar-refractivity contribution in [1.82, 2.24) is 10.7 Å². The molecule has 0 saturated heterocycles. The van der Waals surface area contributed by atoms with Gasteiger partial charge in [0.25, 0.3) is 0 Å². The van der Waals surface area contributed by atoms with Crippen LogP contribution in [0, 0.1) is 6.92 Å². The molecule has 0 radical (unpaired) electrons. The van der Waals surface area contributed by atoms with Crippen molar-refractivity contribution < 1.29 is 19.1 Å². The number of hydrazone groups is 1. The Morgan fingerprint density at radius 2 is 1.84 bits per heavy atom. The standard InChI is InChI=1S/C18H17N3O4/c1-12-2-4-13(5-3-12)9-19-17(22)18(23)21-20-10-14-6-7-15-16(8-14)25-11-24-15/h2-8,10H,9,11H2,1H3,(H,19,22)(H,21,23)/b20-10-. The van der Waals surface area contributed by atoms with E-state index < -0.39 is 11.8 Å². The van der Waals surface area contributed by atoms with Crippen LogP contribution >= 0.6 is 0 Å². The van der Waals surface area contributed by atoms with Crippen LogP contribution in [-0.4, -0.2) is 24.8 Å². The number of fused-ring (bicyclic) bond motifs is 1. The second-order valence-electron chi connectivity index (χ2n) is 5.48. The predicted molar refractivity (Wildman–Crippen MR) is 91.3 cm³/mol. The molecule has 25 heavy (non-hydrogen) atoms. The highest BCUT2D eigenvalue weighted by atomic mass is 16.7. The summed E-state index contributed by atoms with van der Waals surface area (Å²) in [5.74, 6) is -0.296. The van der Waals surface area contributed by atoms with Gasteiger partial charge in [0.1, 0.15) is 0 Å². The fourth-order valence-corrected chi connectivity index (χ4v) is 2.18. The Kier molecular flexibility index (Phi) is 4.94. The molecule has 7 nitrogen and oxygen atoms in total. The third-order valence-corrected chi connectivity index (χ3v) is 3.56. The Morgan fingerprint density at radius 1 is 1.08 bits per heavy atom. The maximum atomic E-state index is 11.7. The molecule has 0 aromatic heterocycles. The maximum absolute atomic E-state index is 11.7. The first-order chi connectivity index (χ1) is 12.1. The number of ether oxygens (including phenoxy) is 2. The number of nitrogens with zero attached hydrogens (tertiary/aromatic N) is 1. The summed E-state index contributed by atoms with van der Waals surface area (Å²) in [4.78, 5) is 23.5. The smallest absolute Gasteiger partial charge is 0.329 e. The third-order valence-electron chi connectivity index (χ3n) is 3.56. The number of amides is 2. The zero-order chi connectivity index (χ0) is 17.6. The minimum Gasteiger partial charge on any atom is -0.454 e. The van der Waals surface area contributed by atoms with E-state index in [9.17, 15) is 9.59 Å². The molecule has 0 atom stereocenters. The molecule has 1 aliphatic heterocycles. The fourth-order valence-electron chi connectivity index (χ4n) is 2.18. The first kappa shape index (κ1) is 16.5. The lowest BCUT2D eigenvalue weighted by Gasteiger charge is -2.04. The largest absolute Gasteiger partial charge is 0.454 e. The molecule has 128 valence electrons. The molecular formula is C18H17N3O4. The molecule has 2 aromatic carbocycles. The van der Waals surface area contributed by atoms with E-state index in [0.717, 1.165) is 11.1 Å². The number of aryl methyl sites for hydroxylation is 1. The van der Waals surface area contributed by atoms with Crippen LogP contribution in [-0.2, 0) is 16.1 Å². The van der Waals surface area contributed by atoms with Crippen LogP contribution in [0.4, 0.5) is 0 Å². The molecule has 0 unspecified atom stereocenters. The highest BCUT2D eigenvalue weighted by Crippen LogP contribution is 2.31. The van der Waals surface area contributed by atoms with Gasteiger partial charge in [0, 0.05) is 6.54 Å². The summed E-state index contributed by atoms with van der Waals surface area (Å²) in [7, 11) is 0. The van der Waals surface area contributed by atoms with E-state index >= 15 is 0 Å². The summed E-state index contributed by atoms with van der Waals surface area (Å²) in [6.07, 6.45) is 1.42. The topological polar surface area (TPSA) is 89.0 Å². The van der Waals surface area contributed by atoms with E-state index in [1.165, 1.54) is 6.21 Å². The molecule has 0 saturated carbocycles. The van der Waals surface area contributed by atoms with E-state index in [-0.39, 0.29) is 13.3 Å². The molecule has 1 aliphatic rings. The number of nitrogens with one attached hydrogen (secondary N) is 2. The molecule has 2 amide bonds. The van der Waals surface area contributed by atoms with Gasteiger partial charge >= 0.3 is 11.8 Å². The van der Waals surface area contributed by atoms with Crippen LogP contribution in [0.25, 0.3) is 0 Å². The van der Waals surface area contributed by atoms with E-state index in [0.29, 0.717) is 17.1 Å². The van der Waals surface area contributed by atoms with Crippen LogP contribution in [0.15, 0.2) is 47.6 Å². The number of rotatable bonds is 4. The van der Waals surface area contributed by atoms with Crippen molar-refractivity contribution in [3.05, 3.63) is 59.2 Å². The molecule has 0 aliphatic carbocycles. The zero-order valence-electron chi connectivity index (χ0n) is 13.6. The molecule has 7 heteroatoms. The molecule has 0 bridgehead atoms. The Bertz CT molecular complexity index is 816. The van der Waals surface area contributed by atoms with Gasteiger partial charge in [-0.2, -0.15) is 5.10 Å². The van der Waals surface area contributed by atoms with E-state index in [4.69, 9.17) is 9.47 Å². The van der Waals surface area contributed by atoms with Gasteiger partial charge in [-0.25, -0.2) is 5.43 Å². The summed E-state index contributed by atoms with van der Waals surface area (Å²) in [5.41, 5.74) is 4.95. The van der Waals surface area contributed by atoms with Crippen molar-refractivity contribution in [1.29, 1.82) is 0 Å². The fraction of sp³-hybridized carbons (Fsp3) is 0.167. The Hall–Kier alpha value is -3.35. The number of hydrogen-bond donors (Lipinski definition) is 2. The molecule has 2 aromatic rings. The molecule has 1 heterocycles. The molecule has 0 spiro atoms. The van der Waals surface area contributed by atoms with Gasteiger partial charge < -0.3 is 14.8 Å². The summed E-state index contributed by atoms with van der Waals surface area (Å²) < 4.78 is 10.5. The molecule has 3 rings (SSSR count). The highest BCUT2D eigenvalue weighted by Gasteiger charge is 2.13. The second kappa shape index (κ2) is 7.48. The first-order valence-electron chi connectivity index (χ1n) is 7.68. The third kappa shape index (κ3) is 4.35. The normalized spacial score (nSPS) is 12.2. The van der Waals surface area contributed by atoms with E-state index in [1.807, 2.05) is 31.2 Å². The van der Waals surface area contributed by atoms with Crippen LogP contribution in [0.3, 0.4) is 0 Å². The van der Waals surface area contributed by atoms with Crippen molar-refractivity contribution in [2.75, 3.05) is 6.79 Å². The number of carbonyl (C=O) groups excluding carboxylic acids is 2. The lowest BCUT2D eigenvalue weighted by atomic mass is 10.1. The van der Waals surface area contributed by atoms with Gasteiger partial charge in [0.2, 0.25) is 6.79 Å². The summed E-state index contributed by atoms with van der Waals surface area (Å²) in [6.45, 7) is 2.44. The Morgan fingerprint density at radius 3 is 2.64 bits per heavy atom. The van der Waals surface area contributed by atoms with Crippen molar-refractivity contribution in [3.8, 4) is 11.5 Å². The zero-order valence-corrected chi connectivity index (χ0v) is 13.6. The Balaban J connectivity index is 1.48. The van der Waals surface area contributed by atoms with Gasteiger partial charge in [-0.1, -0.05) is 29.8 Å². The lowest BCUT2D eigenvalue weighted by molar-refractivity contribution is -0.139. The summed E-state index contributed by atoms with van der Waals surface area (Å²) in [6, 6.07) is 12.9. The predicted octanol–water partition coefficient (Wildman–Crippen LogP) is 1.49. The van der Waals surface area contributed by atoms with Crippen molar-refractivity contribution in [3.63, 3.8) is 0 Å². The second-order valence-corrected chi connectivity index (χ2v) is 5.48. The van der Waals surface area contributed by atoms with Gasteiger partial charge in [-0.15, -0.1) is 0 Å². The first-order valence-corrected chi connectivity index (χ1v) is 7.68. The summed E-state index contributed by atoms with van der Waals surface area (Å²) >= 11 is 0. The Labute approximate surface area is 144 Å². The van der Waals surface area contributed by atoms with Crippen LogP contribution in [0.2, 0.25) is 0 Å². The van der Waals surface area contributed by atoms with E-state index in [1.54, 1.807) is 18.2 Å². The minimum atomic E-state index is -0.830. The van der Waals surface area contributed by atoms with Crippen LogP contribution in [0.5, 0.6) is 11.5 Å².